The lowest BCUT2D eigenvalue weighted by molar-refractivity contribution is 0.139. The molecule has 2 aliphatic rings. The second-order valence-electron chi connectivity index (χ2n) is 6.01. The van der Waals surface area contributed by atoms with Crippen LogP contribution in [-0.4, -0.2) is 30.1 Å². The van der Waals surface area contributed by atoms with E-state index in [0.29, 0.717) is 6.04 Å². The molecule has 0 radical (unpaired) electrons. The first kappa shape index (κ1) is 12.2. The van der Waals surface area contributed by atoms with Gasteiger partial charge >= 0.3 is 0 Å². The summed E-state index contributed by atoms with van der Waals surface area (Å²) < 4.78 is 0. The normalized spacial score (nSPS) is 31.8. The number of piperidine rings is 1. The van der Waals surface area contributed by atoms with E-state index in [-0.39, 0.29) is 0 Å². The Hall–Kier alpha value is -0.860. The summed E-state index contributed by atoms with van der Waals surface area (Å²) in [7, 11) is 2.31. The fourth-order valence-electron chi connectivity index (χ4n) is 3.63. The van der Waals surface area contributed by atoms with E-state index in [2.05, 4.69) is 48.5 Å². The first-order chi connectivity index (χ1) is 8.74. The van der Waals surface area contributed by atoms with Crippen LogP contribution in [0.15, 0.2) is 24.3 Å². The van der Waals surface area contributed by atoms with Gasteiger partial charge in [0, 0.05) is 24.7 Å². The van der Waals surface area contributed by atoms with E-state index < -0.39 is 0 Å². The van der Waals surface area contributed by atoms with Gasteiger partial charge in [-0.15, -0.1) is 0 Å². The van der Waals surface area contributed by atoms with Gasteiger partial charge in [0.15, 0.2) is 0 Å². The van der Waals surface area contributed by atoms with E-state index >= 15 is 0 Å². The Balaban J connectivity index is 1.58. The van der Waals surface area contributed by atoms with Gasteiger partial charge in [0.1, 0.15) is 0 Å². The summed E-state index contributed by atoms with van der Waals surface area (Å²) in [5.41, 5.74) is 2.75. The van der Waals surface area contributed by atoms with Gasteiger partial charge in [0.2, 0.25) is 0 Å². The van der Waals surface area contributed by atoms with Crippen molar-refractivity contribution in [3.05, 3.63) is 35.4 Å². The molecule has 2 saturated heterocycles. The summed E-state index contributed by atoms with van der Waals surface area (Å²) in [4.78, 5) is 2.61. The van der Waals surface area contributed by atoms with Crippen molar-refractivity contribution >= 4 is 0 Å². The third-order valence-electron chi connectivity index (χ3n) is 4.86. The standard InChI is InChI=1S/C16H24N2/c1-12-3-5-13(6-4-12)11-17-15-9-7-14-8-10-16(15)18(14)2/h3-6,14-17H,7-11H2,1-2H3. The molecule has 0 aliphatic carbocycles. The van der Waals surface area contributed by atoms with Crippen molar-refractivity contribution in [2.75, 3.05) is 7.05 Å². The van der Waals surface area contributed by atoms with Crippen LogP contribution in [0, 0.1) is 6.92 Å². The van der Waals surface area contributed by atoms with E-state index in [0.717, 1.165) is 18.6 Å². The molecule has 18 heavy (non-hydrogen) atoms. The molecule has 2 fully saturated rings. The third-order valence-corrected chi connectivity index (χ3v) is 4.86. The molecule has 1 N–H and O–H groups in total. The smallest absolute Gasteiger partial charge is 0.0249 e. The maximum absolute atomic E-state index is 3.77. The molecule has 2 bridgehead atoms. The van der Waals surface area contributed by atoms with Crippen LogP contribution in [-0.2, 0) is 6.54 Å². The van der Waals surface area contributed by atoms with E-state index in [1.807, 2.05) is 0 Å². The zero-order valence-corrected chi connectivity index (χ0v) is 11.5. The molecule has 3 rings (SSSR count). The zero-order chi connectivity index (χ0) is 12.5. The lowest BCUT2D eigenvalue weighted by atomic mass is 9.97. The highest BCUT2D eigenvalue weighted by Crippen LogP contribution is 2.34. The molecule has 1 aromatic carbocycles. The van der Waals surface area contributed by atoms with Gasteiger partial charge in [0.25, 0.3) is 0 Å². The van der Waals surface area contributed by atoms with E-state index in [4.69, 9.17) is 0 Å². The average molecular weight is 244 g/mol. The SMILES string of the molecule is Cc1ccc(CNC2CCC3CCC2N3C)cc1. The van der Waals surface area contributed by atoms with Crippen molar-refractivity contribution in [3.8, 4) is 0 Å². The molecular formula is C16H24N2. The van der Waals surface area contributed by atoms with Gasteiger partial charge in [-0.3, -0.25) is 4.90 Å². The minimum atomic E-state index is 0.690. The number of likely N-dealkylation sites (N-methyl/N-ethyl adjacent to an activating group) is 1. The molecule has 0 amide bonds. The Morgan fingerprint density at radius 2 is 1.83 bits per heavy atom. The largest absolute Gasteiger partial charge is 0.308 e. The summed E-state index contributed by atoms with van der Waals surface area (Å²) in [5, 5.41) is 3.77. The molecule has 2 nitrogen and oxygen atoms in total. The molecule has 1 aromatic rings. The molecule has 3 atom stereocenters. The fourth-order valence-corrected chi connectivity index (χ4v) is 3.63. The van der Waals surface area contributed by atoms with Crippen LogP contribution in [0.1, 0.15) is 36.8 Å². The van der Waals surface area contributed by atoms with Gasteiger partial charge in [-0.25, -0.2) is 0 Å². The van der Waals surface area contributed by atoms with Gasteiger partial charge in [-0.05, 0) is 45.2 Å². The Labute approximate surface area is 110 Å². The first-order valence-corrected chi connectivity index (χ1v) is 7.25. The molecule has 0 saturated carbocycles. The zero-order valence-electron chi connectivity index (χ0n) is 11.5. The highest BCUT2D eigenvalue weighted by atomic mass is 15.2. The summed E-state index contributed by atoms with van der Waals surface area (Å²) >= 11 is 0. The number of nitrogens with zero attached hydrogens (tertiary/aromatic N) is 1. The average Bonchev–Trinajstić information content (AvgIpc) is 2.62. The van der Waals surface area contributed by atoms with Gasteiger partial charge in [-0.2, -0.15) is 0 Å². The molecule has 2 heteroatoms. The quantitative estimate of drug-likeness (QED) is 0.879. The molecule has 0 aromatic heterocycles. The minimum absolute atomic E-state index is 0.690. The Morgan fingerprint density at radius 3 is 2.61 bits per heavy atom. The number of aryl methyl sites for hydroxylation is 1. The molecule has 0 spiro atoms. The van der Waals surface area contributed by atoms with Crippen molar-refractivity contribution in [3.63, 3.8) is 0 Å². The van der Waals surface area contributed by atoms with Crippen molar-refractivity contribution in [1.29, 1.82) is 0 Å². The number of fused-ring (bicyclic) bond motifs is 2. The molecular weight excluding hydrogens is 220 g/mol. The first-order valence-electron chi connectivity index (χ1n) is 7.25. The highest BCUT2D eigenvalue weighted by Gasteiger charge is 2.39. The van der Waals surface area contributed by atoms with Gasteiger partial charge in [0.05, 0.1) is 0 Å². The van der Waals surface area contributed by atoms with E-state index in [1.54, 1.807) is 0 Å². The summed E-state index contributed by atoms with van der Waals surface area (Å²) in [5.74, 6) is 0. The maximum atomic E-state index is 3.77. The summed E-state index contributed by atoms with van der Waals surface area (Å²) in [6, 6.07) is 11.2. The van der Waals surface area contributed by atoms with Gasteiger partial charge < -0.3 is 5.32 Å². The third kappa shape index (κ3) is 2.32. The molecule has 98 valence electrons. The van der Waals surface area contributed by atoms with Crippen LogP contribution in [0.4, 0.5) is 0 Å². The Kier molecular flexibility index (Phi) is 3.40. The number of rotatable bonds is 3. The predicted molar refractivity (Wildman–Crippen MR) is 75.6 cm³/mol. The lowest BCUT2D eigenvalue weighted by Crippen LogP contribution is -2.51. The van der Waals surface area contributed by atoms with Crippen LogP contribution in [0.25, 0.3) is 0 Å². The summed E-state index contributed by atoms with van der Waals surface area (Å²) in [6.45, 7) is 3.16. The van der Waals surface area contributed by atoms with Crippen LogP contribution in [0.5, 0.6) is 0 Å². The van der Waals surface area contributed by atoms with E-state index in [9.17, 15) is 0 Å². The van der Waals surface area contributed by atoms with Crippen LogP contribution in [0.2, 0.25) is 0 Å². The van der Waals surface area contributed by atoms with E-state index in [1.165, 1.54) is 36.8 Å². The number of benzene rings is 1. The van der Waals surface area contributed by atoms with Gasteiger partial charge in [-0.1, -0.05) is 29.8 Å². The van der Waals surface area contributed by atoms with Crippen LogP contribution < -0.4 is 5.32 Å². The summed E-state index contributed by atoms with van der Waals surface area (Å²) in [6.07, 6.45) is 5.51. The fraction of sp³-hybridized carbons (Fsp3) is 0.625. The highest BCUT2D eigenvalue weighted by molar-refractivity contribution is 5.21. The van der Waals surface area contributed by atoms with Crippen molar-refractivity contribution < 1.29 is 0 Å². The van der Waals surface area contributed by atoms with Crippen LogP contribution >= 0.6 is 0 Å². The maximum Gasteiger partial charge on any atom is 0.0249 e. The molecule has 2 aliphatic heterocycles. The topological polar surface area (TPSA) is 15.3 Å². The second-order valence-corrected chi connectivity index (χ2v) is 6.01. The monoisotopic (exact) mass is 244 g/mol. The van der Waals surface area contributed by atoms with Crippen molar-refractivity contribution in [2.24, 2.45) is 0 Å². The second kappa shape index (κ2) is 5.02. The predicted octanol–water partition coefficient (Wildman–Crippen LogP) is 2.71. The Bertz CT molecular complexity index is 398. The Morgan fingerprint density at radius 1 is 1.11 bits per heavy atom. The lowest BCUT2D eigenvalue weighted by Gasteiger charge is -2.38. The van der Waals surface area contributed by atoms with Crippen molar-refractivity contribution in [2.45, 2.75) is 57.3 Å². The number of hydrogen-bond donors (Lipinski definition) is 1. The van der Waals surface area contributed by atoms with Crippen LogP contribution in [0.3, 0.4) is 0 Å². The molecule has 3 unspecified atom stereocenters. The minimum Gasteiger partial charge on any atom is -0.308 e. The van der Waals surface area contributed by atoms with Crippen molar-refractivity contribution in [1.82, 2.24) is 10.2 Å². The number of nitrogens with one attached hydrogen (secondary N) is 1. The molecule has 2 heterocycles. The number of hydrogen-bond acceptors (Lipinski definition) is 2.